The summed E-state index contributed by atoms with van der Waals surface area (Å²) in [5, 5.41) is -0.396. The van der Waals surface area contributed by atoms with Crippen LogP contribution in [0.2, 0.25) is 5.02 Å². The van der Waals surface area contributed by atoms with Crippen LogP contribution in [0.15, 0.2) is 30.5 Å². The molecule has 0 aliphatic carbocycles. The molecule has 0 radical (unpaired) electrons. The van der Waals surface area contributed by atoms with Crippen molar-refractivity contribution < 1.29 is 18.4 Å². The Hall–Kier alpha value is -2.58. The molecule has 3 amide bonds. The molecule has 9 heteroatoms. The van der Waals surface area contributed by atoms with Crippen LogP contribution >= 0.6 is 11.6 Å². The van der Waals surface area contributed by atoms with E-state index in [0.29, 0.717) is 11.4 Å². The molecule has 2 N–H and O–H groups in total. The number of quaternary nitrogens is 1. The molecule has 1 aliphatic heterocycles. The highest BCUT2D eigenvalue weighted by molar-refractivity contribution is 6.31. The van der Waals surface area contributed by atoms with Gasteiger partial charge in [-0.2, -0.15) is 0 Å². The van der Waals surface area contributed by atoms with Gasteiger partial charge in [-0.25, -0.2) is 18.1 Å². The first kappa shape index (κ1) is 19.2. The van der Waals surface area contributed by atoms with E-state index in [2.05, 4.69) is 4.98 Å². The van der Waals surface area contributed by atoms with E-state index >= 15 is 0 Å². The highest BCUT2D eigenvalue weighted by Crippen LogP contribution is 2.37. The van der Waals surface area contributed by atoms with E-state index in [1.807, 2.05) is 0 Å². The molecule has 1 aliphatic rings. The van der Waals surface area contributed by atoms with Gasteiger partial charge in [0.1, 0.15) is 13.1 Å². The lowest BCUT2D eigenvalue weighted by atomic mass is 10.1. The molecule has 1 aromatic carbocycles. The number of aryl methyl sites for hydroxylation is 1. The van der Waals surface area contributed by atoms with Gasteiger partial charge in [-0.15, -0.1) is 0 Å². The van der Waals surface area contributed by atoms with Crippen LogP contribution in [0.1, 0.15) is 11.3 Å². The molecule has 2 atom stereocenters. The molecule has 2 unspecified atom stereocenters. The lowest BCUT2D eigenvalue weighted by Crippen LogP contribution is -2.52. The Morgan fingerprint density at radius 3 is 2.70 bits per heavy atom. The van der Waals surface area contributed by atoms with E-state index < -0.39 is 34.6 Å². The predicted octanol–water partition coefficient (Wildman–Crippen LogP) is 2.75. The Morgan fingerprint density at radius 1 is 1.41 bits per heavy atom. The first-order chi connectivity index (χ1) is 12.7. The van der Waals surface area contributed by atoms with Crippen molar-refractivity contribution in [2.45, 2.75) is 19.5 Å². The number of aromatic nitrogens is 1. The van der Waals surface area contributed by atoms with E-state index in [1.54, 1.807) is 25.3 Å². The molecular weight excluding hydrogens is 378 g/mol. The quantitative estimate of drug-likeness (QED) is 0.638. The third-order valence-corrected chi connectivity index (χ3v) is 5.35. The molecule has 1 saturated heterocycles. The summed E-state index contributed by atoms with van der Waals surface area (Å²) in [6.45, 7) is 1.69. The van der Waals surface area contributed by atoms with Gasteiger partial charge in [0.2, 0.25) is 5.91 Å². The summed E-state index contributed by atoms with van der Waals surface area (Å²) in [7, 11) is 1.48. The zero-order chi connectivity index (χ0) is 19.9. The molecule has 3 rings (SSSR count). The summed E-state index contributed by atoms with van der Waals surface area (Å²) in [6, 6.07) is 4.42. The minimum absolute atomic E-state index is 0.0343. The number of likely N-dealkylation sites (N-methyl/N-ethyl adjacent to an activating group) is 1. The number of primary amides is 1. The Labute approximate surface area is 159 Å². The summed E-state index contributed by atoms with van der Waals surface area (Å²) in [4.78, 5) is 30.6. The summed E-state index contributed by atoms with van der Waals surface area (Å²) in [5.41, 5.74) is 6.82. The third-order valence-electron chi connectivity index (χ3n) is 4.94. The number of rotatable bonds is 4. The smallest absolute Gasteiger partial charge is 0.368 e. The number of pyridine rings is 1. The summed E-state index contributed by atoms with van der Waals surface area (Å²) >= 11 is 5.99. The van der Waals surface area contributed by atoms with E-state index in [0.717, 1.165) is 6.07 Å². The fourth-order valence-corrected chi connectivity index (χ4v) is 3.75. The van der Waals surface area contributed by atoms with Gasteiger partial charge >= 0.3 is 6.03 Å². The summed E-state index contributed by atoms with van der Waals surface area (Å²) < 4.78 is 27.1. The number of urea groups is 1. The zero-order valence-electron chi connectivity index (χ0n) is 14.7. The van der Waals surface area contributed by atoms with Crippen molar-refractivity contribution >= 4 is 29.2 Å². The van der Waals surface area contributed by atoms with Crippen LogP contribution in [0.4, 0.5) is 19.3 Å². The Kier molecular flexibility index (Phi) is 4.88. The van der Waals surface area contributed by atoms with E-state index in [9.17, 15) is 18.4 Å². The average Bonchev–Trinajstić information content (AvgIpc) is 2.89. The summed E-state index contributed by atoms with van der Waals surface area (Å²) in [6.07, 6.45) is 1.58. The van der Waals surface area contributed by atoms with Crippen LogP contribution in [-0.2, 0) is 11.3 Å². The van der Waals surface area contributed by atoms with Crippen molar-refractivity contribution in [2.24, 2.45) is 5.73 Å². The SMILES string of the molecule is Cc1ncccc1[N+]1(Cc2ccc(F)c(F)c2Cl)CC(C(N)=O)N(C)C1=O. The predicted molar refractivity (Wildman–Crippen MR) is 96.8 cm³/mol. The van der Waals surface area contributed by atoms with Gasteiger partial charge in [0, 0.05) is 24.9 Å². The van der Waals surface area contributed by atoms with Gasteiger partial charge in [0.25, 0.3) is 0 Å². The molecule has 1 aromatic heterocycles. The number of hydrogen-bond donors (Lipinski definition) is 1. The molecule has 0 saturated carbocycles. The second kappa shape index (κ2) is 6.86. The normalized spacial score (nSPS) is 22.3. The third kappa shape index (κ3) is 3.04. The van der Waals surface area contributed by atoms with Crippen LogP contribution < -0.4 is 10.2 Å². The molecule has 0 bridgehead atoms. The van der Waals surface area contributed by atoms with Crippen molar-refractivity contribution in [3.05, 3.63) is 58.4 Å². The number of amides is 3. The number of benzene rings is 1. The van der Waals surface area contributed by atoms with E-state index in [4.69, 9.17) is 17.3 Å². The van der Waals surface area contributed by atoms with Crippen molar-refractivity contribution in [2.75, 3.05) is 13.6 Å². The van der Waals surface area contributed by atoms with Crippen LogP contribution in [0.25, 0.3) is 0 Å². The maximum absolute atomic E-state index is 14.0. The van der Waals surface area contributed by atoms with Gasteiger partial charge < -0.3 is 5.73 Å². The first-order valence-electron chi connectivity index (χ1n) is 8.17. The number of nitrogens with two attached hydrogens (primary N) is 1. The molecule has 2 aromatic rings. The van der Waals surface area contributed by atoms with Crippen molar-refractivity contribution in [1.29, 1.82) is 0 Å². The van der Waals surface area contributed by atoms with Crippen LogP contribution in [0, 0.1) is 18.6 Å². The first-order valence-corrected chi connectivity index (χ1v) is 8.55. The number of halogens is 3. The fourth-order valence-electron chi connectivity index (χ4n) is 3.54. The minimum Gasteiger partial charge on any atom is -0.368 e. The number of carbonyl (C=O) groups is 2. The van der Waals surface area contributed by atoms with Crippen LogP contribution in [0.3, 0.4) is 0 Å². The summed E-state index contributed by atoms with van der Waals surface area (Å²) in [5.74, 6) is -2.90. The molecule has 142 valence electrons. The highest BCUT2D eigenvalue weighted by atomic mass is 35.5. The van der Waals surface area contributed by atoms with Crippen LogP contribution in [-0.4, -0.2) is 41.5 Å². The lowest BCUT2D eigenvalue weighted by Gasteiger charge is -2.31. The largest absolute Gasteiger partial charge is 0.425 e. The van der Waals surface area contributed by atoms with E-state index in [-0.39, 0.29) is 23.1 Å². The average molecular weight is 396 g/mol. The zero-order valence-corrected chi connectivity index (χ0v) is 15.5. The highest BCUT2D eigenvalue weighted by Gasteiger charge is 2.55. The number of nitrogens with zero attached hydrogens (tertiary/aromatic N) is 3. The lowest BCUT2D eigenvalue weighted by molar-refractivity contribution is -0.121. The van der Waals surface area contributed by atoms with Crippen molar-refractivity contribution in [1.82, 2.24) is 14.4 Å². The number of hydrogen-bond acceptors (Lipinski definition) is 3. The Balaban J connectivity index is 2.19. The van der Waals surface area contributed by atoms with Crippen LogP contribution in [0.5, 0.6) is 0 Å². The standard InChI is InChI=1S/C18H17ClF2N4O2/c1-10-14(4-3-7-23-10)25(9-13(17(22)26)24(2)18(25)27)8-11-5-6-12(20)16(21)15(11)19/h3-7,13H,8-9H2,1-2H3,(H-,22,26)/p+1. The molecule has 2 heterocycles. The molecule has 6 nitrogen and oxygen atoms in total. The van der Waals surface area contributed by atoms with Crippen molar-refractivity contribution in [3.8, 4) is 0 Å². The second-order valence-corrected chi connectivity index (χ2v) is 6.94. The molecule has 0 spiro atoms. The van der Waals surface area contributed by atoms with Crippen molar-refractivity contribution in [3.63, 3.8) is 0 Å². The topological polar surface area (TPSA) is 76.3 Å². The van der Waals surface area contributed by atoms with E-state index in [1.165, 1.54) is 18.0 Å². The maximum Gasteiger partial charge on any atom is 0.425 e. The van der Waals surface area contributed by atoms with Gasteiger partial charge in [-0.1, -0.05) is 11.6 Å². The minimum atomic E-state index is -1.18. The molecule has 1 fully saturated rings. The van der Waals surface area contributed by atoms with Gasteiger partial charge in [0.05, 0.1) is 10.7 Å². The maximum atomic E-state index is 14.0. The Bertz CT molecular complexity index is 940. The molecular formula is C18H18ClF2N4O2+. The Morgan fingerprint density at radius 2 is 2.11 bits per heavy atom. The fraction of sp³-hybridized carbons (Fsp3) is 0.278. The van der Waals surface area contributed by atoms with Gasteiger partial charge in [-0.3, -0.25) is 14.7 Å². The second-order valence-electron chi connectivity index (χ2n) is 6.56. The number of carbonyl (C=O) groups excluding carboxylic acids is 2. The van der Waals surface area contributed by atoms with Gasteiger partial charge in [0.15, 0.2) is 23.4 Å². The molecule has 27 heavy (non-hydrogen) atoms. The van der Waals surface area contributed by atoms with Gasteiger partial charge in [-0.05, 0) is 25.1 Å². The monoisotopic (exact) mass is 395 g/mol.